The van der Waals surface area contributed by atoms with Gasteiger partial charge in [0.25, 0.3) is 5.69 Å². The predicted molar refractivity (Wildman–Crippen MR) is 69.7 cm³/mol. The van der Waals surface area contributed by atoms with Crippen molar-refractivity contribution in [3.8, 4) is 0 Å². The molecular weight excluding hydrogens is 270 g/mol. The van der Waals surface area contributed by atoms with Crippen LogP contribution < -0.4 is 0 Å². The van der Waals surface area contributed by atoms with Crippen LogP contribution in [0, 0.1) is 16.0 Å². The number of benzene rings is 1. The Hall–Kier alpha value is -1.16. The molecule has 1 aromatic carbocycles. The lowest BCUT2D eigenvalue weighted by Crippen LogP contribution is -1.97. The van der Waals surface area contributed by atoms with E-state index in [1.54, 1.807) is 12.1 Å². The summed E-state index contributed by atoms with van der Waals surface area (Å²) in [6, 6.07) is 6.78. The lowest BCUT2D eigenvalue weighted by Gasteiger charge is -2.07. The normalized spacial score (nSPS) is 11.9. The molecule has 0 spiro atoms. The molecule has 16 heavy (non-hydrogen) atoms. The van der Waals surface area contributed by atoms with E-state index in [1.807, 2.05) is 12.1 Å². The summed E-state index contributed by atoms with van der Waals surface area (Å²) in [5.74, 6) is 0.374. The second-order valence-electron chi connectivity index (χ2n) is 3.82. The number of hydrogen-bond acceptors (Lipinski definition) is 2. The number of nitro benzene ring substituents is 1. The van der Waals surface area contributed by atoms with Crippen LogP contribution in [0.5, 0.6) is 0 Å². The van der Waals surface area contributed by atoms with E-state index < -0.39 is 0 Å². The molecule has 86 valence electrons. The van der Waals surface area contributed by atoms with Crippen molar-refractivity contribution >= 4 is 27.7 Å². The molecular formula is C12H14BrNO2. The molecule has 0 unspecified atom stereocenters. The number of para-hydroxylation sites is 1. The molecule has 0 aromatic heterocycles. The molecule has 0 saturated heterocycles. The first-order valence-corrected chi connectivity index (χ1v) is 6.18. The maximum atomic E-state index is 10.8. The Morgan fingerprint density at radius 1 is 1.50 bits per heavy atom. The number of allylic oxidation sites excluding steroid dienone is 1. The third-order valence-electron chi connectivity index (χ3n) is 2.37. The molecule has 4 heteroatoms. The number of hydrogen-bond donors (Lipinski definition) is 0. The van der Waals surface area contributed by atoms with E-state index in [4.69, 9.17) is 0 Å². The fraction of sp³-hybridized carbons (Fsp3) is 0.333. The van der Waals surface area contributed by atoms with Gasteiger partial charge in [-0.1, -0.05) is 47.5 Å². The van der Waals surface area contributed by atoms with Gasteiger partial charge in [0.1, 0.15) is 0 Å². The summed E-state index contributed by atoms with van der Waals surface area (Å²) in [6.07, 6.45) is 1.89. The van der Waals surface area contributed by atoms with Crippen LogP contribution >= 0.6 is 15.9 Å². The van der Waals surface area contributed by atoms with Crippen LogP contribution in [-0.4, -0.2) is 10.3 Å². The highest BCUT2D eigenvalue weighted by Gasteiger charge is 2.11. The van der Waals surface area contributed by atoms with Crippen molar-refractivity contribution in [2.45, 2.75) is 13.8 Å². The Labute approximate surface area is 103 Å². The first-order chi connectivity index (χ1) is 7.56. The van der Waals surface area contributed by atoms with E-state index in [0.717, 1.165) is 10.9 Å². The van der Waals surface area contributed by atoms with Gasteiger partial charge in [-0.2, -0.15) is 0 Å². The minimum Gasteiger partial charge on any atom is -0.258 e. The van der Waals surface area contributed by atoms with Crippen molar-refractivity contribution < 1.29 is 4.92 Å². The Bertz CT molecular complexity index is 413. The van der Waals surface area contributed by atoms with E-state index in [0.29, 0.717) is 11.5 Å². The van der Waals surface area contributed by atoms with Gasteiger partial charge in [0.15, 0.2) is 0 Å². The van der Waals surface area contributed by atoms with Crippen molar-refractivity contribution in [1.82, 2.24) is 0 Å². The van der Waals surface area contributed by atoms with Crippen LogP contribution in [-0.2, 0) is 0 Å². The van der Waals surface area contributed by atoms with E-state index >= 15 is 0 Å². The molecule has 0 heterocycles. The number of nitro groups is 1. The highest BCUT2D eigenvalue weighted by atomic mass is 79.9. The molecule has 0 amide bonds. The summed E-state index contributed by atoms with van der Waals surface area (Å²) in [5.41, 5.74) is 1.96. The van der Waals surface area contributed by atoms with Gasteiger partial charge in [0, 0.05) is 11.4 Å². The SMILES string of the molecule is CC(C)C(=Cc1ccccc1[N+](=O)[O-])CBr. The molecule has 0 bridgehead atoms. The van der Waals surface area contributed by atoms with Gasteiger partial charge < -0.3 is 0 Å². The zero-order valence-electron chi connectivity index (χ0n) is 9.31. The van der Waals surface area contributed by atoms with E-state index in [2.05, 4.69) is 29.8 Å². The number of alkyl halides is 1. The zero-order valence-corrected chi connectivity index (χ0v) is 10.9. The standard InChI is InChI=1S/C12H14BrNO2/c1-9(2)11(8-13)7-10-5-3-4-6-12(10)14(15)16/h3-7,9H,8H2,1-2H3. The third kappa shape index (κ3) is 3.17. The van der Waals surface area contributed by atoms with Gasteiger partial charge in [0.05, 0.1) is 10.5 Å². The maximum absolute atomic E-state index is 10.8. The van der Waals surface area contributed by atoms with Crippen molar-refractivity contribution in [1.29, 1.82) is 0 Å². The molecule has 0 aliphatic carbocycles. The van der Waals surface area contributed by atoms with E-state index in [-0.39, 0.29) is 10.6 Å². The molecule has 0 aliphatic heterocycles. The maximum Gasteiger partial charge on any atom is 0.276 e. The van der Waals surface area contributed by atoms with Crippen LogP contribution in [0.3, 0.4) is 0 Å². The van der Waals surface area contributed by atoms with Gasteiger partial charge in [-0.25, -0.2) is 0 Å². The Morgan fingerprint density at radius 2 is 2.12 bits per heavy atom. The largest absolute Gasteiger partial charge is 0.276 e. The minimum atomic E-state index is -0.349. The van der Waals surface area contributed by atoms with Crippen molar-refractivity contribution in [3.05, 3.63) is 45.5 Å². The average molecular weight is 284 g/mol. The van der Waals surface area contributed by atoms with Gasteiger partial charge >= 0.3 is 0 Å². The molecule has 0 fully saturated rings. The van der Waals surface area contributed by atoms with Crippen molar-refractivity contribution in [3.63, 3.8) is 0 Å². The van der Waals surface area contributed by atoms with Crippen LogP contribution in [0.2, 0.25) is 0 Å². The molecule has 3 nitrogen and oxygen atoms in total. The molecule has 1 aromatic rings. The quantitative estimate of drug-likeness (QED) is 0.476. The summed E-state index contributed by atoms with van der Waals surface area (Å²) in [5, 5.41) is 11.6. The molecule has 0 saturated carbocycles. The first kappa shape index (κ1) is 12.9. The zero-order chi connectivity index (χ0) is 12.1. The van der Waals surface area contributed by atoms with Crippen LogP contribution in [0.15, 0.2) is 29.8 Å². The van der Waals surface area contributed by atoms with Gasteiger partial charge in [-0.3, -0.25) is 10.1 Å². The smallest absolute Gasteiger partial charge is 0.258 e. The van der Waals surface area contributed by atoms with Gasteiger partial charge in [0.2, 0.25) is 0 Å². The topological polar surface area (TPSA) is 43.1 Å². The van der Waals surface area contributed by atoms with Gasteiger partial charge in [-0.15, -0.1) is 0 Å². The average Bonchev–Trinajstić information content (AvgIpc) is 2.25. The van der Waals surface area contributed by atoms with Crippen molar-refractivity contribution in [2.75, 3.05) is 5.33 Å². The predicted octanol–water partition coefficient (Wildman–Crippen LogP) is 4.03. The summed E-state index contributed by atoms with van der Waals surface area (Å²) in [6.45, 7) is 4.14. The summed E-state index contributed by atoms with van der Waals surface area (Å²) in [4.78, 5) is 10.5. The number of nitrogens with zero attached hydrogens (tertiary/aromatic N) is 1. The van der Waals surface area contributed by atoms with Crippen molar-refractivity contribution in [2.24, 2.45) is 5.92 Å². The monoisotopic (exact) mass is 283 g/mol. The molecule has 0 atom stereocenters. The highest BCUT2D eigenvalue weighted by Crippen LogP contribution is 2.23. The van der Waals surface area contributed by atoms with Crippen LogP contribution in [0.4, 0.5) is 5.69 Å². The van der Waals surface area contributed by atoms with Gasteiger partial charge in [-0.05, 0) is 18.1 Å². The number of halogens is 1. The van der Waals surface area contributed by atoms with Crippen LogP contribution in [0.25, 0.3) is 6.08 Å². The fourth-order valence-electron chi connectivity index (χ4n) is 1.34. The fourth-order valence-corrected chi connectivity index (χ4v) is 2.14. The molecule has 1 rings (SSSR count). The lowest BCUT2D eigenvalue weighted by molar-refractivity contribution is -0.385. The molecule has 0 N–H and O–H groups in total. The summed E-state index contributed by atoms with van der Waals surface area (Å²) >= 11 is 3.40. The second-order valence-corrected chi connectivity index (χ2v) is 4.38. The van der Waals surface area contributed by atoms with E-state index in [1.165, 1.54) is 6.07 Å². The lowest BCUT2D eigenvalue weighted by atomic mass is 10.0. The summed E-state index contributed by atoms with van der Waals surface area (Å²) in [7, 11) is 0. The Kier molecular flexibility index (Phi) is 4.68. The highest BCUT2D eigenvalue weighted by molar-refractivity contribution is 9.09. The van der Waals surface area contributed by atoms with E-state index in [9.17, 15) is 10.1 Å². The first-order valence-electron chi connectivity index (χ1n) is 5.06. The third-order valence-corrected chi connectivity index (χ3v) is 3.02. The number of rotatable bonds is 4. The molecule has 0 radical (unpaired) electrons. The second kappa shape index (κ2) is 5.80. The Balaban J connectivity index is 3.18. The summed E-state index contributed by atoms with van der Waals surface area (Å²) < 4.78 is 0. The Morgan fingerprint density at radius 3 is 2.62 bits per heavy atom. The molecule has 0 aliphatic rings. The minimum absolute atomic E-state index is 0.154. The van der Waals surface area contributed by atoms with Crippen LogP contribution in [0.1, 0.15) is 19.4 Å².